The van der Waals surface area contributed by atoms with Crippen molar-refractivity contribution in [3.63, 3.8) is 0 Å². The maximum atomic E-state index is 14.2. The molecule has 37 heavy (non-hydrogen) atoms. The van der Waals surface area contributed by atoms with Crippen LogP contribution >= 0.6 is 27.7 Å². The zero-order chi connectivity index (χ0) is 26.7. The lowest BCUT2D eigenvalue weighted by Crippen LogP contribution is -2.58. The van der Waals surface area contributed by atoms with Gasteiger partial charge in [0.2, 0.25) is 17.7 Å². The Morgan fingerprint density at radius 1 is 1.19 bits per heavy atom. The lowest BCUT2D eigenvalue weighted by atomic mass is 9.70. The minimum Gasteiger partial charge on any atom is -0.394 e. The molecule has 3 unspecified atom stereocenters. The summed E-state index contributed by atoms with van der Waals surface area (Å²) in [5.41, 5.74) is 0.998. The van der Waals surface area contributed by atoms with Gasteiger partial charge in [0.1, 0.15) is 6.04 Å². The van der Waals surface area contributed by atoms with Crippen LogP contribution in [0, 0.1) is 17.8 Å². The van der Waals surface area contributed by atoms with Crippen molar-refractivity contribution in [2.24, 2.45) is 17.8 Å². The number of carbonyl (C=O) groups is 3. The van der Waals surface area contributed by atoms with Crippen molar-refractivity contribution in [2.75, 3.05) is 13.2 Å². The number of aliphatic hydroxyl groups excluding tert-OH is 1. The van der Waals surface area contributed by atoms with E-state index in [4.69, 9.17) is 0 Å². The standard InChI is InChI=1S/C28H40BrN3O4S/c1-4-6-10-13-30-26(35)24-28-14-19(29)23(37-28)21(25(34)31-15-18-11-8-7-9-12-18)22(28)27(36)32(24)20(16-33)17(3)5-2/h7-9,11-12,17,19-24,33H,4-6,10,13-16H2,1-3H3,(H,30,35)(H,31,34)/t17-,19?,20-,21+,22-,23+,24?,28?/m0/s1. The summed E-state index contributed by atoms with van der Waals surface area (Å²) in [6.45, 7) is 6.91. The average molecular weight is 595 g/mol. The van der Waals surface area contributed by atoms with E-state index in [-0.39, 0.29) is 40.3 Å². The van der Waals surface area contributed by atoms with E-state index in [1.807, 2.05) is 44.2 Å². The van der Waals surface area contributed by atoms with Crippen LogP contribution in [-0.2, 0) is 20.9 Å². The van der Waals surface area contributed by atoms with Crippen molar-refractivity contribution >= 4 is 45.4 Å². The van der Waals surface area contributed by atoms with Crippen molar-refractivity contribution < 1.29 is 19.5 Å². The largest absolute Gasteiger partial charge is 0.394 e. The van der Waals surface area contributed by atoms with E-state index < -0.39 is 28.7 Å². The first-order valence-electron chi connectivity index (χ1n) is 13.6. The molecule has 0 saturated carbocycles. The lowest BCUT2D eigenvalue weighted by molar-refractivity contribution is -0.143. The smallest absolute Gasteiger partial charge is 0.244 e. The maximum Gasteiger partial charge on any atom is 0.244 e. The second-order valence-electron chi connectivity index (χ2n) is 10.7. The average Bonchev–Trinajstić information content (AvgIpc) is 3.49. The van der Waals surface area contributed by atoms with Gasteiger partial charge >= 0.3 is 0 Å². The number of nitrogens with one attached hydrogen (secondary N) is 2. The van der Waals surface area contributed by atoms with E-state index >= 15 is 0 Å². The highest BCUT2D eigenvalue weighted by Crippen LogP contribution is 2.68. The molecule has 3 amide bonds. The molecule has 0 aliphatic carbocycles. The van der Waals surface area contributed by atoms with E-state index in [0.717, 1.165) is 31.2 Å². The number of nitrogens with zero attached hydrogens (tertiary/aromatic N) is 1. The molecule has 7 nitrogen and oxygen atoms in total. The molecule has 2 bridgehead atoms. The molecule has 3 heterocycles. The van der Waals surface area contributed by atoms with Crippen LogP contribution in [0.25, 0.3) is 0 Å². The number of aliphatic hydroxyl groups is 1. The molecule has 4 rings (SSSR count). The summed E-state index contributed by atoms with van der Waals surface area (Å²) < 4.78 is -0.694. The van der Waals surface area contributed by atoms with Gasteiger partial charge in [-0.05, 0) is 24.3 Å². The number of unbranched alkanes of at least 4 members (excludes halogenated alkanes) is 2. The predicted molar refractivity (Wildman–Crippen MR) is 150 cm³/mol. The Balaban J connectivity index is 1.65. The van der Waals surface area contributed by atoms with Gasteiger partial charge in [-0.25, -0.2) is 0 Å². The van der Waals surface area contributed by atoms with Gasteiger partial charge in [-0.2, -0.15) is 0 Å². The Labute approximate surface area is 233 Å². The molecule has 3 saturated heterocycles. The van der Waals surface area contributed by atoms with Crippen molar-refractivity contribution in [1.82, 2.24) is 15.5 Å². The van der Waals surface area contributed by atoms with Crippen molar-refractivity contribution in [1.29, 1.82) is 0 Å². The fourth-order valence-corrected chi connectivity index (χ4v) is 10.0. The summed E-state index contributed by atoms with van der Waals surface area (Å²) in [4.78, 5) is 43.3. The summed E-state index contributed by atoms with van der Waals surface area (Å²) in [5.74, 6) is -1.56. The SMILES string of the molecule is CCCCCNC(=O)C1N([C@@H](CO)[C@@H](C)CC)C(=O)[C@@H]2[C@@H](C(=O)NCc3ccccc3)[C@@H]3SC12CC3Br. The lowest BCUT2D eigenvalue weighted by Gasteiger charge is -2.39. The molecule has 3 aliphatic rings. The quantitative estimate of drug-likeness (QED) is 0.254. The number of fused-ring (bicyclic) bond motifs is 1. The third kappa shape index (κ3) is 5.20. The molecule has 204 valence electrons. The van der Waals surface area contributed by atoms with Crippen LogP contribution < -0.4 is 10.6 Å². The van der Waals surface area contributed by atoms with Crippen LogP contribution in [0.15, 0.2) is 30.3 Å². The van der Waals surface area contributed by atoms with Gasteiger partial charge in [0.15, 0.2) is 0 Å². The fourth-order valence-electron chi connectivity index (χ4n) is 6.42. The number of hydrogen-bond donors (Lipinski definition) is 3. The molecule has 3 aliphatic heterocycles. The van der Waals surface area contributed by atoms with Gasteiger partial charge in [0.05, 0.1) is 29.2 Å². The molecule has 0 radical (unpaired) electrons. The van der Waals surface area contributed by atoms with Crippen molar-refractivity contribution in [2.45, 2.75) is 86.3 Å². The van der Waals surface area contributed by atoms with Crippen molar-refractivity contribution in [3.05, 3.63) is 35.9 Å². The molecule has 8 atom stereocenters. The number of halogens is 1. The maximum absolute atomic E-state index is 14.2. The second-order valence-corrected chi connectivity index (χ2v) is 13.5. The summed E-state index contributed by atoms with van der Waals surface area (Å²) in [7, 11) is 0. The van der Waals surface area contributed by atoms with Crippen LogP contribution in [0.5, 0.6) is 0 Å². The highest BCUT2D eigenvalue weighted by Gasteiger charge is 2.76. The Kier molecular flexibility index (Phi) is 9.28. The van der Waals surface area contributed by atoms with Crippen LogP contribution in [0.3, 0.4) is 0 Å². The minimum absolute atomic E-state index is 0.0203. The Bertz CT molecular complexity index is 981. The first kappa shape index (κ1) is 28.4. The van der Waals surface area contributed by atoms with Gasteiger partial charge in [-0.15, -0.1) is 11.8 Å². The number of amides is 3. The summed E-state index contributed by atoms with van der Waals surface area (Å²) >= 11 is 5.44. The van der Waals surface area contributed by atoms with E-state index in [1.54, 1.807) is 16.7 Å². The number of carbonyl (C=O) groups excluding carboxylic acids is 3. The first-order valence-corrected chi connectivity index (χ1v) is 15.4. The monoisotopic (exact) mass is 593 g/mol. The Hall–Kier alpha value is -1.58. The molecule has 1 spiro atoms. The number of benzene rings is 1. The molecule has 9 heteroatoms. The number of likely N-dealkylation sites (tertiary alicyclic amines) is 1. The van der Waals surface area contributed by atoms with Gasteiger partial charge < -0.3 is 20.6 Å². The number of hydrogen-bond acceptors (Lipinski definition) is 5. The third-order valence-electron chi connectivity index (χ3n) is 8.51. The van der Waals surface area contributed by atoms with E-state index in [0.29, 0.717) is 19.5 Å². The summed E-state index contributed by atoms with van der Waals surface area (Å²) in [5, 5.41) is 16.5. The topological polar surface area (TPSA) is 98.7 Å². The second kappa shape index (κ2) is 12.1. The van der Waals surface area contributed by atoms with E-state index in [1.165, 1.54) is 0 Å². The molecule has 3 N–H and O–H groups in total. The number of alkyl halides is 1. The van der Waals surface area contributed by atoms with E-state index in [2.05, 4.69) is 33.5 Å². The number of thioether (sulfide) groups is 1. The predicted octanol–water partition coefficient (Wildman–Crippen LogP) is 3.48. The minimum atomic E-state index is -0.709. The molecular weight excluding hydrogens is 554 g/mol. The fraction of sp³-hybridized carbons (Fsp3) is 0.679. The van der Waals surface area contributed by atoms with Crippen molar-refractivity contribution in [3.8, 4) is 0 Å². The normalized spacial score (nSPS) is 31.8. The van der Waals surface area contributed by atoms with Gasteiger partial charge in [-0.1, -0.05) is 86.3 Å². The third-order valence-corrected chi connectivity index (χ3v) is 11.7. The summed E-state index contributed by atoms with van der Waals surface area (Å²) in [6.07, 6.45) is 4.38. The highest BCUT2D eigenvalue weighted by atomic mass is 79.9. The van der Waals surface area contributed by atoms with E-state index in [9.17, 15) is 19.5 Å². The Morgan fingerprint density at radius 3 is 2.57 bits per heavy atom. The number of rotatable bonds is 12. The van der Waals surface area contributed by atoms with Crippen LogP contribution in [0.1, 0.15) is 58.4 Å². The molecular formula is C28H40BrN3O4S. The van der Waals surface area contributed by atoms with Crippen LogP contribution in [0.2, 0.25) is 0 Å². The summed E-state index contributed by atoms with van der Waals surface area (Å²) in [6, 6.07) is 8.55. The zero-order valence-corrected chi connectivity index (χ0v) is 24.4. The van der Waals surface area contributed by atoms with Crippen LogP contribution in [0.4, 0.5) is 0 Å². The molecule has 0 aromatic heterocycles. The molecule has 3 fully saturated rings. The Morgan fingerprint density at radius 2 is 1.92 bits per heavy atom. The molecule has 1 aromatic rings. The van der Waals surface area contributed by atoms with Gasteiger partial charge in [-0.3, -0.25) is 14.4 Å². The van der Waals surface area contributed by atoms with Crippen LogP contribution in [-0.4, -0.2) is 67.8 Å². The van der Waals surface area contributed by atoms with Gasteiger partial charge in [0.25, 0.3) is 0 Å². The zero-order valence-electron chi connectivity index (χ0n) is 22.0. The molecule has 1 aromatic carbocycles. The highest BCUT2D eigenvalue weighted by molar-refractivity contribution is 9.09. The van der Waals surface area contributed by atoms with Gasteiger partial charge in [0, 0.05) is 23.2 Å². The first-order chi connectivity index (χ1) is 17.8.